The summed E-state index contributed by atoms with van der Waals surface area (Å²) >= 11 is 0. The maximum atomic E-state index is 12.5. The topological polar surface area (TPSA) is 58.2 Å². The summed E-state index contributed by atoms with van der Waals surface area (Å²) in [5.41, 5.74) is 0.580. The number of carbonyl (C=O) groups excluding carboxylic acids is 2. The van der Waals surface area contributed by atoms with Crippen LogP contribution < -0.4 is 10.6 Å². The Morgan fingerprint density at radius 3 is 2.35 bits per heavy atom. The third-order valence-corrected chi connectivity index (χ3v) is 3.97. The molecular weight excluding hydrogens is 288 g/mol. The highest BCUT2D eigenvalue weighted by molar-refractivity contribution is 6.00. The summed E-state index contributed by atoms with van der Waals surface area (Å²) in [4.78, 5) is 25.0. The predicted octanol–water partition coefficient (Wildman–Crippen LogP) is 2.43. The largest absolute Gasteiger partial charge is 0.337 e. The average Bonchev–Trinajstić information content (AvgIpc) is 2.59. The Kier molecular flexibility index (Phi) is 4.24. The number of carbonyl (C=O) groups is 2. The highest BCUT2D eigenvalue weighted by Gasteiger charge is 2.40. The van der Waals surface area contributed by atoms with Crippen molar-refractivity contribution in [2.45, 2.75) is 18.4 Å². The van der Waals surface area contributed by atoms with Crippen LogP contribution in [0.3, 0.4) is 0 Å². The van der Waals surface area contributed by atoms with Gasteiger partial charge in [0.2, 0.25) is 5.91 Å². The Hall–Kier alpha value is -2.88. The van der Waals surface area contributed by atoms with Crippen molar-refractivity contribution < 1.29 is 9.59 Å². The quantitative estimate of drug-likeness (QED) is 0.911. The van der Waals surface area contributed by atoms with Crippen LogP contribution in [0.1, 0.15) is 22.3 Å². The molecule has 1 aliphatic rings. The molecule has 2 amide bonds. The standard InChI is InChI=1S/C19H18N2O2/c22-17(16-10-5-2-6-11-16)21-19(12-7-13-20-18(19)23)14-15-8-3-1-4-9-15/h1-11,13H,12,14H2,(H,20,23)(H,21,22)/t19-/m1/s1. The zero-order valence-corrected chi connectivity index (χ0v) is 12.7. The molecule has 0 aliphatic carbocycles. The lowest BCUT2D eigenvalue weighted by Gasteiger charge is -2.34. The molecule has 0 unspecified atom stereocenters. The van der Waals surface area contributed by atoms with Crippen molar-refractivity contribution >= 4 is 11.8 Å². The first-order valence-corrected chi connectivity index (χ1v) is 7.57. The van der Waals surface area contributed by atoms with Crippen LogP contribution >= 0.6 is 0 Å². The van der Waals surface area contributed by atoms with Gasteiger partial charge in [-0.1, -0.05) is 54.6 Å². The predicted molar refractivity (Wildman–Crippen MR) is 88.7 cm³/mol. The highest BCUT2D eigenvalue weighted by Crippen LogP contribution is 2.22. The molecule has 2 N–H and O–H groups in total. The lowest BCUT2D eigenvalue weighted by atomic mass is 9.84. The summed E-state index contributed by atoms with van der Waals surface area (Å²) in [5.74, 6) is -0.430. The molecule has 2 aromatic rings. The molecular formula is C19H18N2O2. The van der Waals surface area contributed by atoms with Gasteiger partial charge < -0.3 is 10.6 Å². The van der Waals surface area contributed by atoms with Crippen LogP contribution in [0.25, 0.3) is 0 Å². The molecule has 0 radical (unpaired) electrons. The molecule has 0 saturated heterocycles. The van der Waals surface area contributed by atoms with Crippen LogP contribution in [0.5, 0.6) is 0 Å². The zero-order valence-electron chi connectivity index (χ0n) is 12.7. The van der Waals surface area contributed by atoms with E-state index in [0.29, 0.717) is 18.4 Å². The molecule has 0 spiro atoms. The fourth-order valence-electron chi connectivity index (χ4n) is 2.75. The minimum absolute atomic E-state index is 0.187. The maximum Gasteiger partial charge on any atom is 0.252 e. The van der Waals surface area contributed by atoms with Crippen molar-refractivity contribution in [3.05, 3.63) is 84.1 Å². The third-order valence-electron chi connectivity index (χ3n) is 3.97. The van der Waals surface area contributed by atoms with E-state index in [1.807, 2.05) is 42.5 Å². The molecule has 1 atom stereocenters. The van der Waals surface area contributed by atoms with Crippen molar-refractivity contribution in [2.75, 3.05) is 0 Å². The van der Waals surface area contributed by atoms with Crippen molar-refractivity contribution in [1.82, 2.24) is 10.6 Å². The highest BCUT2D eigenvalue weighted by atomic mass is 16.2. The summed E-state index contributed by atoms with van der Waals surface area (Å²) in [6.45, 7) is 0. The van der Waals surface area contributed by atoms with E-state index < -0.39 is 5.54 Å². The van der Waals surface area contributed by atoms with E-state index in [1.165, 1.54) is 0 Å². The molecule has 0 aromatic heterocycles. The second-order valence-electron chi connectivity index (χ2n) is 5.64. The molecule has 1 aliphatic heterocycles. The number of rotatable bonds is 4. The monoisotopic (exact) mass is 306 g/mol. The molecule has 0 fully saturated rings. The fourth-order valence-corrected chi connectivity index (χ4v) is 2.75. The van der Waals surface area contributed by atoms with E-state index >= 15 is 0 Å². The second kappa shape index (κ2) is 6.48. The van der Waals surface area contributed by atoms with Gasteiger partial charge in [0.05, 0.1) is 0 Å². The van der Waals surface area contributed by atoms with Gasteiger partial charge in [-0.25, -0.2) is 0 Å². The van der Waals surface area contributed by atoms with Gasteiger partial charge in [0, 0.05) is 12.0 Å². The Morgan fingerprint density at radius 2 is 1.70 bits per heavy atom. The van der Waals surface area contributed by atoms with Gasteiger partial charge in [0.25, 0.3) is 5.91 Å². The zero-order chi connectivity index (χ0) is 16.1. The maximum absolute atomic E-state index is 12.5. The first-order valence-electron chi connectivity index (χ1n) is 7.57. The van der Waals surface area contributed by atoms with Crippen LogP contribution in [0.2, 0.25) is 0 Å². The van der Waals surface area contributed by atoms with Crippen LogP contribution in [0.4, 0.5) is 0 Å². The van der Waals surface area contributed by atoms with Crippen LogP contribution in [-0.4, -0.2) is 17.4 Å². The van der Waals surface area contributed by atoms with E-state index in [9.17, 15) is 9.59 Å². The summed E-state index contributed by atoms with van der Waals surface area (Å²) in [7, 11) is 0. The summed E-state index contributed by atoms with van der Waals surface area (Å²) in [6, 6.07) is 18.6. The van der Waals surface area contributed by atoms with E-state index in [0.717, 1.165) is 5.56 Å². The SMILES string of the molecule is O=C(N[C@@]1(Cc2ccccc2)CC=CNC1=O)c1ccccc1. The third kappa shape index (κ3) is 3.31. The van der Waals surface area contributed by atoms with Crippen molar-refractivity contribution in [2.24, 2.45) is 0 Å². The summed E-state index contributed by atoms with van der Waals surface area (Å²) < 4.78 is 0. The number of benzene rings is 2. The van der Waals surface area contributed by atoms with E-state index in [2.05, 4.69) is 10.6 Å². The van der Waals surface area contributed by atoms with Gasteiger partial charge in [-0.3, -0.25) is 9.59 Å². The minimum Gasteiger partial charge on any atom is -0.337 e. The second-order valence-corrected chi connectivity index (χ2v) is 5.64. The summed E-state index contributed by atoms with van der Waals surface area (Å²) in [5, 5.41) is 5.66. The van der Waals surface area contributed by atoms with Gasteiger partial charge in [-0.2, -0.15) is 0 Å². The first-order chi connectivity index (χ1) is 11.2. The van der Waals surface area contributed by atoms with Gasteiger partial charge in [0.15, 0.2) is 0 Å². The van der Waals surface area contributed by atoms with Gasteiger partial charge in [-0.15, -0.1) is 0 Å². The molecule has 4 heteroatoms. The molecule has 3 rings (SSSR count). The normalized spacial score (nSPS) is 19.9. The Bertz CT molecular complexity index is 726. The van der Waals surface area contributed by atoms with Crippen LogP contribution in [-0.2, 0) is 11.2 Å². The lowest BCUT2D eigenvalue weighted by molar-refractivity contribution is -0.126. The molecule has 0 bridgehead atoms. The Balaban J connectivity index is 1.88. The van der Waals surface area contributed by atoms with Crippen molar-refractivity contribution in [3.8, 4) is 0 Å². The van der Waals surface area contributed by atoms with Crippen molar-refractivity contribution in [1.29, 1.82) is 0 Å². The average molecular weight is 306 g/mol. The van der Waals surface area contributed by atoms with Gasteiger partial charge in [-0.05, 0) is 30.3 Å². The number of amides is 2. The number of hydrogen-bond acceptors (Lipinski definition) is 2. The smallest absolute Gasteiger partial charge is 0.252 e. The lowest BCUT2D eigenvalue weighted by Crippen LogP contribution is -2.60. The number of nitrogens with one attached hydrogen (secondary N) is 2. The molecule has 1 heterocycles. The van der Waals surface area contributed by atoms with E-state index in [-0.39, 0.29) is 11.8 Å². The van der Waals surface area contributed by atoms with Gasteiger partial charge >= 0.3 is 0 Å². The van der Waals surface area contributed by atoms with Crippen molar-refractivity contribution in [3.63, 3.8) is 0 Å². The number of hydrogen-bond donors (Lipinski definition) is 2. The fraction of sp³-hybridized carbons (Fsp3) is 0.158. The first kappa shape index (κ1) is 15.0. The Labute approximate surface area is 135 Å². The molecule has 23 heavy (non-hydrogen) atoms. The minimum atomic E-state index is -0.969. The van der Waals surface area contributed by atoms with E-state index in [4.69, 9.17) is 0 Å². The van der Waals surface area contributed by atoms with Crippen LogP contribution in [0.15, 0.2) is 72.9 Å². The summed E-state index contributed by atoms with van der Waals surface area (Å²) in [6.07, 6.45) is 4.41. The molecule has 2 aromatic carbocycles. The molecule has 116 valence electrons. The molecule has 4 nitrogen and oxygen atoms in total. The van der Waals surface area contributed by atoms with Gasteiger partial charge in [0.1, 0.15) is 5.54 Å². The van der Waals surface area contributed by atoms with E-state index in [1.54, 1.807) is 30.5 Å². The van der Waals surface area contributed by atoms with Crippen LogP contribution in [0, 0.1) is 0 Å². The Morgan fingerprint density at radius 1 is 1.04 bits per heavy atom. The molecule has 0 saturated carbocycles.